The van der Waals surface area contributed by atoms with Gasteiger partial charge in [-0.15, -0.1) is 0 Å². The molecule has 0 aromatic carbocycles. The van der Waals surface area contributed by atoms with E-state index in [-0.39, 0.29) is 34.7 Å². The van der Waals surface area contributed by atoms with Crippen LogP contribution in [0.4, 0.5) is 0 Å². The van der Waals surface area contributed by atoms with Crippen molar-refractivity contribution in [3.8, 4) is 0 Å². The lowest BCUT2D eigenvalue weighted by atomic mass is 9.46. The third-order valence-electron chi connectivity index (χ3n) is 9.37. The number of aliphatic hydroxyl groups is 2. The summed E-state index contributed by atoms with van der Waals surface area (Å²) < 4.78 is 12.7. The van der Waals surface area contributed by atoms with Gasteiger partial charge < -0.3 is 19.7 Å². The van der Waals surface area contributed by atoms with Crippen molar-refractivity contribution >= 4 is 11.6 Å². The fourth-order valence-corrected chi connectivity index (χ4v) is 8.12. The molecule has 1 heterocycles. The van der Waals surface area contributed by atoms with Crippen LogP contribution in [0.1, 0.15) is 59.3 Å². The van der Waals surface area contributed by atoms with Gasteiger partial charge >= 0.3 is 0 Å². The first-order valence-electron chi connectivity index (χ1n) is 11.8. The van der Waals surface area contributed by atoms with Crippen LogP contribution in [0.2, 0.25) is 0 Å². The zero-order valence-corrected chi connectivity index (χ0v) is 18.7. The van der Waals surface area contributed by atoms with Gasteiger partial charge in [-0.3, -0.25) is 9.59 Å². The number of hydrogen-bond acceptors (Lipinski definition) is 6. The molecule has 3 saturated carbocycles. The maximum atomic E-state index is 13.2. The molecule has 6 nitrogen and oxygen atoms in total. The Kier molecular flexibility index (Phi) is 4.91. The Morgan fingerprint density at radius 2 is 2.10 bits per heavy atom. The molecule has 0 spiro atoms. The van der Waals surface area contributed by atoms with E-state index in [9.17, 15) is 19.8 Å². The number of carbonyl (C=O) groups is 2. The fourth-order valence-electron chi connectivity index (χ4n) is 8.12. The summed E-state index contributed by atoms with van der Waals surface area (Å²) in [6.45, 7) is 5.67. The maximum Gasteiger partial charge on any atom is 0.193 e. The molecule has 170 valence electrons. The van der Waals surface area contributed by atoms with Gasteiger partial charge in [-0.05, 0) is 56.1 Å². The average Bonchev–Trinajstić information content (AvgIpc) is 3.20. The monoisotopic (exact) mass is 430 g/mol. The van der Waals surface area contributed by atoms with Crippen LogP contribution >= 0.6 is 0 Å². The molecule has 0 amide bonds. The summed E-state index contributed by atoms with van der Waals surface area (Å²) in [4.78, 5) is 25.2. The minimum Gasteiger partial charge on any atom is -0.393 e. The molecule has 5 rings (SSSR count). The largest absolute Gasteiger partial charge is 0.393 e. The van der Waals surface area contributed by atoms with Gasteiger partial charge in [0.05, 0.1) is 12.2 Å². The number of carbonyl (C=O) groups excluding carboxylic acids is 2. The molecule has 0 unspecified atom stereocenters. The van der Waals surface area contributed by atoms with E-state index in [1.165, 1.54) is 0 Å². The molecule has 1 saturated heterocycles. The van der Waals surface area contributed by atoms with Gasteiger partial charge in [0.25, 0.3) is 0 Å². The van der Waals surface area contributed by atoms with Crippen LogP contribution in [0.3, 0.4) is 0 Å². The molecule has 6 heteroatoms. The van der Waals surface area contributed by atoms with Crippen molar-refractivity contribution in [2.24, 2.45) is 28.6 Å². The summed E-state index contributed by atoms with van der Waals surface area (Å²) in [7, 11) is 0. The Bertz CT molecular complexity index is 862. The summed E-state index contributed by atoms with van der Waals surface area (Å²) >= 11 is 0. The highest BCUT2D eigenvalue weighted by Gasteiger charge is 2.75. The molecule has 0 bridgehead atoms. The van der Waals surface area contributed by atoms with E-state index >= 15 is 0 Å². The van der Waals surface area contributed by atoms with Crippen molar-refractivity contribution in [1.82, 2.24) is 0 Å². The Morgan fingerprint density at radius 3 is 2.81 bits per heavy atom. The molecule has 5 aliphatic rings. The smallest absolute Gasteiger partial charge is 0.193 e. The zero-order chi connectivity index (χ0) is 22.2. The highest BCUT2D eigenvalue weighted by molar-refractivity contribution is 6.01. The van der Waals surface area contributed by atoms with Gasteiger partial charge in [0.15, 0.2) is 23.5 Å². The van der Waals surface area contributed by atoms with Gasteiger partial charge in [0.1, 0.15) is 6.61 Å². The SMILES string of the molecule is CCC[C@H]1O[C@H]2C[C@H]3[C@@H]4CCC5=CC(=O)C=C[C@]5(C)[C@H]4[C@@H](O)C[C@]3(C)[C@]2(C(=O)CO)O1. The average molecular weight is 431 g/mol. The van der Waals surface area contributed by atoms with Crippen LogP contribution in [0.25, 0.3) is 0 Å². The van der Waals surface area contributed by atoms with Crippen LogP contribution in [-0.2, 0) is 19.1 Å². The highest BCUT2D eigenvalue weighted by atomic mass is 16.7. The Balaban J connectivity index is 1.55. The van der Waals surface area contributed by atoms with Crippen molar-refractivity contribution in [2.45, 2.75) is 83.4 Å². The molecule has 0 radical (unpaired) electrons. The molecular weight excluding hydrogens is 396 g/mol. The Morgan fingerprint density at radius 1 is 1.32 bits per heavy atom. The minimum absolute atomic E-state index is 0.0125. The first-order valence-corrected chi connectivity index (χ1v) is 11.8. The maximum absolute atomic E-state index is 13.2. The van der Waals surface area contributed by atoms with Crippen molar-refractivity contribution in [3.63, 3.8) is 0 Å². The standard InChI is InChI=1S/C25H34O6/c1-4-5-21-30-20-11-17-16-7-6-14-10-15(27)8-9-23(14,2)22(16)18(28)12-24(17,3)25(20,31-21)19(29)13-26/h8-10,16-18,20-22,26,28H,4-7,11-13H2,1-3H3/t16-,17-,18-,20-,21-,22+,23-,24-,25+/m0/s1. The second-order valence-corrected chi connectivity index (χ2v) is 10.7. The van der Waals surface area contributed by atoms with Gasteiger partial charge in [-0.25, -0.2) is 0 Å². The zero-order valence-electron chi connectivity index (χ0n) is 18.7. The predicted octanol–water partition coefficient (Wildman–Crippen LogP) is 2.72. The van der Waals surface area contributed by atoms with E-state index in [1.807, 2.05) is 6.08 Å². The van der Waals surface area contributed by atoms with E-state index in [4.69, 9.17) is 9.47 Å². The molecule has 1 aliphatic heterocycles. The van der Waals surface area contributed by atoms with E-state index < -0.39 is 36.1 Å². The number of aliphatic hydroxyl groups excluding tert-OH is 2. The van der Waals surface area contributed by atoms with Crippen LogP contribution in [-0.4, -0.2) is 52.5 Å². The fraction of sp³-hybridized carbons (Fsp3) is 0.760. The molecular formula is C25H34O6. The molecule has 4 fully saturated rings. The summed E-state index contributed by atoms with van der Waals surface area (Å²) in [5.41, 5.74) is -1.05. The molecule has 2 N–H and O–H groups in total. The third kappa shape index (κ3) is 2.65. The molecule has 31 heavy (non-hydrogen) atoms. The van der Waals surface area contributed by atoms with E-state index in [0.29, 0.717) is 19.3 Å². The lowest BCUT2D eigenvalue weighted by Crippen LogP contribution is -2.63. The number of allylic oxidation sites excluding steroid dienone is 4. The number of rotatable bonds is 4. The minimum atomic E-state index is -1.20. The van der Waals surface area contributed by atoms with E-state index in [1.54, 1.807) is 12.2 Å². The van der Waals surface area contributed by atoms with Gasteiger partial charge in [-0.1, -0.05) is 38.8 Å². The van der Waals surface area contributed by atoms with Gasteiger partial charge in [0, 0.05) is 16.7 Å². The summed E-state index contributed by atoms with van der Waals surface area (Å²) in [6.07, 6.45) is 8.31. The second-order valence-electron chi connectivity index (χ2n) is 10.7. The normalized spacial score (nSPS) is 50.4. The first kappa shape index (κ1) is 21.5. The van der Waals surface area contributed by atoms with Crippen molar-refractivity contribution in [2.75, 3.05) is 6.61 Å². The molecule has 0 aromatic heterocycles. The van der Waals surface area contributed by atoms with Crippen LogP contribution in [0.15, 0.2) is 23.8 Å². The molecule has 9 atom stereocenters. The Hall–Kier alpha value is -1.34. The Labute approximate surface area is 183 Å². The quantitative estimate of drug-likeness (QED) is 0.712. The van der Waals surface area contributed by atoms with Gasteiger partial charge in [0.2, 0.25) is 0 Å². The van der Waals surface area contributed by atoms with Crippen LogP contribution in [0.5, 0.6) is 0 Å². The van der Waals surface area contributed by atoms with E-state index in [2.05, 4.69) is 20.8 Å². The lowest BCUT2D eigenvalue weighted by Gasteiger charge is -2.59. The van der Waals surface area contributed by atoms with Crippen LogP contribution < -0.4 is 0 Å². The summed E-state index contributed by atoms with van der Waals surface area (Å²) in [5, 5.41) is 21.4. The third-order valence-corrected chi connectivity index (χ3v) is 9.37. The van der Waals surface area contributed by atoms with Crippen molar-refractivity contribution in [1.29, 1.82) is 0 Å². The molecule has 0 aromatic rings. The number of ketones is 2. The second kappa shape index (κ2) is 7.08. The topological polar surface area (TPSA) is 93.1 Å². The highest BCUT2D eigenvalue weighted by Crippen LogP contribution is 2.69. The number of hydrogen-bond donors (Lipinski definition) is 2. The summed E-state index contributed by atoms with van der Waals surface area (Å²) in [6, 6.07) is 0. The predicted molar refractivity (Wildman–Crippen MR) is 113 cm³/mol. The van der Waals surface area contributed by atoms with Crippen molar-refractivity contribution < 1.29 is 29.3 Å². The number of fused-ring (bicyclic) bond motifs is 7. The van der Waals surface area contributed by atoms with E-state index in [0.717, 1.165) is 24.8 Å². The molecule has 4 aliphatic carbocycles. The summed E-state index contributed by atoms with van der Waals surface area (Å²) in [5.74, 6) is 0.0274. The van der Waals surface area contributed by atoms with Crippen molar-refractivity contribution in [3.05, 3.63) is 23.8 Å². The number of Topliss-reactive ketones (excluding diaryl/α,β-unsaturated/α-hetero) is 1. The lowest BCUT2D eigenvalue weighted by molar-refractivity contribution is -0.200. The number of ether oxygens (including phenoxy) is 2. The first-order chi connectivity index (χ1) is 14.7. The van der Waals surface area contributed by atoms with Crippen LogP contribution in [0, 0.1) is 28.6 Å². The van der Waals surface area contributed by atoms with Gasteiger partial charge in [-0.2, -0.15) is 0 Å².